The summed E-state index contributed by atoms with van der Waals surface area (Å²) in [7, 11) is 1.64. The second-order valence-corrected chi connectivity index (χ2v) is 3.44. The van der Waals surface area contributed by atoms with Gasteiger partial charge in [-0.05, 0) is 12.1 Å². The highest BCUT2D eigenvalue weighted by molar-refractivity contribution is 5.29. The van der Waals surface area contributed by atoms with Crippen LogP contribution in [-0.4, -0.2) is 26.4 Å². The molecule has 15 heavy (non-hydrogen) atoms. The summed E-state index contributed by atoms with van der Waals surface area (Å²) in [4.78, 5) is 0. The summed E-state index contributed by atoms with van der Waals surface area (Å²) in [6.07, 6.45) is -0.310. The summed E-state index contributed by atoms with van der Waals surface area (Å²) in [5.41, 5.74) is 6.46. The number of hydrogen-bond donors (Lipinski definition) is 1. The van der Waals surface area contributed by atoms with Gasteiger partial charge in [-0.15, -0.1) is 0 Å². The summed E-state index contributed by atoms with van der Waals surface area (Å²) in [6, 6.07) is 7.66. The van der Waals surface area contributed by atoms with Crippen LogP contribution in [0, 0.1) is 0 Å². The van der Waals surface area contributed by atoms with E-state index in [0.717, 1.165) is 11.3 Å². The fourth-order valence-electron chi connectivity index (χ4n) is 1.53. The van der Waals surface area contributed by atoms with Gasteiger partial charge in [-0.1, -0.05) is 12.1 Å². The number of methoxy groups -OCH3 is 1. The van der Waals surface area contributed by atoms with Gasteiger partial charge in [-0.3, -0.25) is 0 Å². The van der Waals surface area contributed by atoms with Crippen LogP contribution < -0.4 is 10.5 Å². The number of rotatable bonds is 3. The first-order valence-corrected chi connectivity index (χ1v) is 4.94. The van der Waals surface area contributed by atoms with E-state index >= 15 is 0 Å². The van der Waals surface area contributed by atoms with Gasteiger partial charge in [-0.2, -0.15) is 0 Å². The number of ether oxygens (including phenoxy) is 3. The molecule has 1 aliphatic heterocycles. The smallest absolute Gasteiger partial charge is 0.184 e. The van der Waals surface area contributed by atoms with Gasteiger partial charge in [0.15, 0.2) is 6.29 Å². The molecule has 0 bridgehead atoms. The van der Waals surface area contributed by atoms with Crippen molar-refractivity contribution < 1.29 is 14.2 Å². The van der Waals surface area contributed by atoms with Crippen LogP contribution >= 0.6 is 0 Å². The van der Waals surface area contributed by atoms with Gasteiger partial charge in [0.25, 0.3) is 0 Å². The second-order valence-electron chi connectivity index (χ2n) is 3.44. The lowest BCUT2D eigenvalue weighted by atomic mass is 10.2. The Kier molecular flexibility index (Phi) is 3.20. The molecular weight excluding hydrogens is 194 g/mol. The predicted molar refractivity (Wildman–Crippen MR) is 55.6 cm³/mol. The molecule has 0 spiro atoms. The molecule has 1 aromatic rings. The maximum Gasteiger partial charge on any atom is 0.184 e. The number of hydrogen-bond acceptors (Lipinski definition) is 4. The highest BCUT2D eigenvalue weighted by Gasteiger charge is 2.26. The first kappa shape index (κ1) is 10.4. The van der Waals surface area contributed by atoms with E-state index in [0.29, 0.717) is 13.2 Å². The van der Waals surface area contributed by atoms with Gasteiger partial charge in [-0.25, -0.2) is 0 Å². The van der Waals surface area contributed by atoms with Gasteiger partial charge < -0.3 is 19.9 Å². The second kappa shape index (κ2) is 4.61. The van der Waals surface area contributed by atoms with Crippen molar-refractivity contribution in [2.45, 2.75) is 12.4 Å². The molecule has 2 rings (SSSR count). The average Bonchev–Trinajstić information content (AvgIpc) is 2.78. The predicted octanol–water partition coefficient (Wildman–Crippen LogP) is 1.07. The largest absolute Gasteiger partial charge is 0.497 e. The molecule has 2 atom stereocenters. The molecule has 4 nitrogen and oxygen atoms in total. The molecule has 1 aromatic carbocycles. The lowest BCUT2D eigenvalue weighted by Gasteiger charge is -2.11. The van der Waals surface area contributed by atoms with Crippen LogP contribution in [0.25, 0.3) is 0 Å². The summed E-state index contributed by atoms with van der Waals surface area (Å²) in [5.74, 6) is 0.802. The number of nitrogens with two attached hydrogens (primary N) is 1. The zero-order chi connectivity index (χ0) is 10.7. The van der Waals surface area contributed by atoms with Crippen molar-refractivity contribution in [3.8, 4) is 5.75 Å². The summed E-state index contributed by atoms with van der Waals surface area (Å²) < 4.78 is 16.2. The Labute approximate surface area is 88.9 Å². The van der Waals surface area contributed by atoms with Crippen molar-refractivity contribution in [1.82, 2.24) is 0 Å². The Hall–Kier alpha value is -1.10. The van der Waals surface area contributed by atoms with Crippen LogP contribution in [-0.2, 0) is 9.47 Å². The lowest BCUT2D eigenvalue weighted by molar-refractivity contribution is -0.0586. The minimum atomic E-state index is -0.311. The maximum atomic E-state index is 5.59. The van der Waals surface area contributed by atoms with Gasteiger partial charge in [0.1, 0.15) is 5.75 Å². The minimum absolute atomic E-state index is 0.00111. The topological polar surface area (TPSA) is 53.7 Å². The molecular formula is C11H15NO3. The molecule has 2 N–H and O–H groups in total. The molecule has 1 heterocycles. The third-order valence-corrected chi connectivity index (χ3v) is 2.38. The minimum Gasteiger partial charge on any atom is -0.497 e. The standard InChI is InChI=1S/C11H15NO3/c1-13-9-4-2-3-8(5-9)11-14-7-10(6-12)15-11/h2-5,10-11H,6-7,12H2,1H3. The van der Waals surface area contributed by atoms with Gasteiger partial charge in [0.2, 0.25) is 0 Å². The van der Waals surface area contributed by atoms with Crippen LogP contribution in [0.15, 0.2) is 24.3 Å². The van der Waals surface area contributed by atoms with Crippen LogP contribution in [0.1, 0.15) is 11.9 Å². The quantitative estimate of drug-likeness (QED) is 0.809. The van der Waals surface area contributed by atoms with E-state index in [2.05, 4.69) is 0 Å². The molecule has 1 aliphatic rings. The molecule has 0 radical (unpaired) electrons. The first-order chi connectivity index (χ1) is 7.33. The van der Waals surface area contributed by atoms with Crippen LogP contribution in [0.5, 0.6) is 5.75 Å². The molecule has 0 aromatic heterocycles. The van der Waals surface area contributed by atoms with Gasteiger partial charge >= 0.3 is 0 Å². The number of benzene rings is 1. The Morgan fingerprint density at radius 2 is 2.40 bits per heavy atom. The first-order valence-electron chi connectivity index (χ1n) is 4.94. The molecule has 1 fully saturated rings. The Morgan fingerprint density at radius 3 is 3.07 bits per heavy atom. The SMILES string of the molecule is COc1cccc(C2OCC(CN)O2)c1. The highest BCUT2D eigenvalue weighted by Crippen LogP contribution is 2.28. The van der Waals surface area contributed by atoms with Crippen molar-refractivity contribution in [3.05, 3.63) is 29.8 Å². The lowest BCUT2D eigenvalue weighted by Crippen LogP contribution is -2.21. The summed E-state index contributed by atoms with van der Waals surface area (Å²) >= 11 is 0. The van der Waals surface area contributed by atoms with E-state index in [4.69, 9.17) is 19.9 Å². The average molecular weight is 209 g/mol. The van der Waals surface area contributed by atoms with Crippen molar-refractivity contribution in [1.29, 1.82) is 0 Å². The van der Waals surface area contributed by atoms with Crippen molar-refractivity contribution in [3.63, 3.8) is 0 Å². The summed E-state index contributed by atoms with van der Waals surface area (Å²) in [5, 5.41) is 0. The highest BCUT2D eigenvalue weighted by atomic mass is 16.7. The Balaban J connectivity index is 2.09. The van der Waals surface area contributed by atoms with Crippen molar-refractivity contribution >= 4 is 0 Å². The third-order valence-electron chi connectivity index (χ3n) is 2.38. The molecule has 4 heteroatoms. The zero-order valence-electron chi connectivity index (χ0n) is 8.68. The Morgan fingerprint density at radius 1 is 1.53 bits per heavy atom. The van der Waals surface area contributed by atoms with E-state index in [1.54, 1.807) is 7.11 Å². The van der Waals surface area contributed by atoms with E-state index in [1.165, 1.54) is 0 Å². The molecule has 0 amide bonds. The molecule has 0 saturated carbocycles. The maximum absolute atomic E-state index is 5.59. The normalized spacial score (nSPS) is 25.5. The molecule has 2 unspecified atom stereocenters. The van der Waals surface area contributed by atoms with Gasteiger partial charge in [0.05, 0.1) is 19.8 Å². The van der Waals surface area contributed by atoms with E-state index < -0.39 is 0 Å². The van der Waals surface area contributed by atoms with E-state index in [1.807, 2.05) is 24.3 Å². The fourth-order valence-corrected chi connectivity index (χ4v) is 1.53. The van der Waals surface area contributed by atoms with Crippen LogP contribution in [0.4, 0.5) is 0 Å². The third kappa shape index (κ3) is 2.28. The van der Waals surface area contributed by atoms with E-state index in [-0.39, 0.29) is 12.4 Å². The monoisotopic (exact) mass is 209 g/mol. The molecule has 82 valence electrons. The molecule has 1 saturated heterocycles. The van der Waals surface area contributed by atoms with Gasteiger partial charge in [0, 0.05) is 12.1 Å². The van der Waals surface area contributed by atoms with Crippen molar-refractivity contribution in [2.75, 3.05) is 20.3 Å². The summed E-state index contributed by atoms with van der Waals surface area (Å²) in [6.45, 7) is 1.04. The van der Waals surface area contributed by atoms with Crippen LogP contribution in [0.3, 0.4) is 0 Å². The van der Waals surface area contributed by atoms with Crippen LogP contribution in [0.2, 0.25) is 0 Å². The zero-order valence-corrected chi connectivity index (χ0v) is 8.68. The molecule has 0 aliphatic carbocycles. The van der Waals surface area contributed by atoms with E-state index in [9.17, 15) is 0 Å². The Bertz CT molecular complexity index is 329. The fraction of sp³-hybridized carbons (Fsp3) is 0.455. The van der Waals surface area contributed by atoms with Crippen molar-refractivity contribution in [2.24, 2.45) is 5.73 Å².